The highest BCUT2D eigenvalue weighted by atomic mass is 32.1. The molecule has 2 aliphatic rings. The van der Waals surface area contributed by atoms with Gasteiger partial charge < -0.3 is 30.7 Å². The van der Waals surface area contributed by atoms with Crippen LogP contribution in [0.2, 0.25) is 0 Å². The van der Waals surface area contributed by atoms with Gasteiger partial charge in [0.15, 0.2) is 0 Å². The fourth-order valence-corrected chi connectivity index (χ4v) is 7.75. The Morgan fingerprint density at radius 3 is 2.47 bits per heavy atom. The first-order chi connectivity index (χ1) is 23.7. The SMILES string of the molecule is C[C@H]1C(=O)N[C@@H](Cc2ccccc2)C(=O)NCCN(C(=O)c2csc3c2CCCC3)CC(=O)N[C@@H](Cc2c[nH]c3ccccc23)C(=O)N1C. The van der Waals surface area contributed by atoms with Gasteiger partial charge in [-0.3, -0.25) is 24.0 Å². The molecule has 3 atom stereocenters. The molecule has 5 amide bonds. The van der Waals surface area contributed by atoms with E-state index in [4.69, 9.17) is 0 Å². The van der Waals surface area contributed by atoms with Crippen molar-refractivity contribution in [2.45, 2.75) is 63.6 Å². The maximum Gasteiger partial charge on any atom is 0.255 e. The van der Waals surface area contributed by atoms with E-state index < -0.39 is 41.8 Å². The summed E-state index contributed by atoms with van der Waals surface area (Å²) in [6.45, 7) is 1.42. The molecule has 1 aliphatic heterocycles. The molecule has 1 aliphatic carbocycles. The van der Waals surface area contributed by atoms with E-state index in [1.165, 1.54) is 21.7 Å². The summed E-state index contributed by atoms with van der Waals surface area (Å²) in [6, 6.07) is 14.1. The van der Waals surface area contributed by atoms with Crippen LogP contribution in [0.25, 0.3) is 10.9 Å². The third-order valence-corrected chi connectivity index (χ3v) is 10.6. The molecule has 0 saturated carbocycles. The summed E-state index contributed by atoms with van der Waals surface area (Å²) in [5, 5.41) is 11.4. The van der Waals surface area contributed by atoms with Crippen LogP contribution in [0.15, 0.2) is 66.2 Å². The molecule has 4 N–H and O–H groups in total. The Hall–Kier alpha value is -4.97. The van der Waals surface area contributed by atoms with Crippen LogP contribution in [0.5, 0.6) is 0 Å². The Labute approximate surface area is 289 Å². The number of nitrogens with one attached hydrogen (secondary N) is 4. The number of aromatic amines is 1. The summed E-state index contributed by atoms with van der Waals surface area (Å²) in [6.07, 6.45) is 6.03. The number of likely N-dealkylation sites (N-methyl/N-ethyl adjacent to an activating group) is 1. The molecule has 49 heavy (non-hydrogen) atoms. The molecule has 11 nitrogen and oxygen atoms in total. The van der Waals surface area contributed by atoms with Gasteiger partial charge in [0.05, 0.1) is 12.1 Å². The molecular formula is C37H42N6O5S. The Balaban J connectivity index is 1.32. The van der Waals surface area contributed by atoms with Gasteiger partial charge in [-0.2, -0.15) is 0 Å². The average molecular weight is 683 g/mol. The molecular weight excluding hydrogens is 641 g/mol. The predicted octanol–water partition coefficient (Wildman–Crippen LogP) is 2.98. The number of fused-ring (bicyclic) bond motifs is 2. The van der Waals surface area contributed by atoms with Crippen molar-refractivity contribution in [1.29, 1.82) is 0 Å². The number of thiophene rings is 1. The summed E-state index contributed by atoms with van der Waals surface area (Å²) in [5.41, 5.74) is 4.20. The number of aryl methyl sites for hydroxylation is 1. The average Bonchev–Trinajstić information content (AvgIpc) is 3.73. The van der Waals surface area contributed by atoms with E-state index in [2.05, 4.69) is 20.9 Å². The molecule has 6 rings (SSSR count). The zero-order valence-electron chi connectivity index (χ0n) is 27.8. The van der Waals surface area contributed by atoms with Crippen LogP contribution in [0, 0.1) is 0 Å². The normalized spacial score (nSPS) is 21.3. The smallest absolute Gasteiger partial charge is 0.255 e. The van der Waals surface area contributed by atoms with Crippen molar-refractivity contribution in [2.75, 3.05) is 26.7 Å². The highest BCUT2D eigenvalue weighted by Crippen LogP contribution is 2.31. The first-order valence-corrected chi connectivity index (χ1v) is 17.7. The standard InChI is InChI=1S/C37H42N6O5S/c1-23-34(45)41-30(18-24-10-4-3-5-11-24)35(46)38-16-17-43(36(47)28-22-49-32-15-9-7-13-27(28)32)21-33(44)40-31(37(48)42(23)2)19-25-20-39-29-14-8-6-12-26(25)29/h3-6,8,10-12,14,20,22-23,30-31,39H,7,9,13,15-19,21H2,1-2H3,(H,38,46)(H,40,44)(H,41,45)/t23-,30-,31-/m0/s1. The lowest BCUT2D eigenvalue weighted by molar-refractivity contribution is -0.142. The van der Waals surface area contributed by atoms with E-state index >= 15 is 0 Å². The predicted molar refractivity (Wildman–Crippen MR) is 188 cm³/mol. The van der Waals surface area contributed by atoms with Crippen molar-refractivity contribution in [3.8, 4) is 0 Å². The van der Waals surface area contributed by atoms with Gasteiger partial charge in [0, 0.05) is 60.3 Å². The Morgan fingerprint density at radius 1 is 0.898 bits per heavy atom. The molecule has 4 aromatic rings. The summed E-state index contributed by atoms with van der Waals surface area (Å²) in [4.78, 5) is 76.2. The van der Waals surface area contributed by atoms with Gasteiger partial charge in [-0.1, -0.05) is 48.5 Å². The second-order valence-corrected chi connectivity index (χ2v) is 13.8. The molecule has 0 spiro atoms. The number of carbonyl (C=O) groups is 5. The molecule has 0 bridgehead atoms. The quantitative estimate of drug-likeness (QED) is 0.256. The second kappa shape index (κ2) is 15.1. The van der Waals surface area contributed by atoms with Gasteiger partial charge in [-0.05, 0) is 55.4 Å². The molecule has 0 radical (unpaired) electrons. The maximum atomic E-state index is 14.1. The highest BCUT2D eigenvalue weighted by Gasteiger charge is 2.34. The van der Waals surface area contributed by atoms with E-state index in [9.17, 15) is 24.0 Å². The first kappa shape index (κ1) is 33.9. The summed E-state index contributed by atoms with van der Waals surface area (Å²) >= 11 is 1.57. The molecule has 1 fully saturated rings. The number of para-hydroxylation sites is 1. The van der Waals surface area contributed by atoms with Gasteiger partial charge in [0.2, 0.25) is 23.6 Å². The zero-order valence-corrected chi connectivity index (χ0v) is 28.6. The van der Waals surface area contributed by atoms with E-state index in [-0.39, 0.29) is 38.4 Å². The van der Waals surface area contributed by atoms with Crippen LogP contribution in [0.3, 0.4) is 0 Å². The largest absolute Gasteiger partial charge is 0.361 e. The molecule has 12 heteroatoms. The highest BCUT2D eigenvalue weighted by molar-refractivity contribution is 7.10. The third kappa shape index (κ3) is 7.69. The van der Waals surface area contributed by atoms with E-state index in [1.54, 1.807) is 18.3 Å². The number of hydrogen-bond acceptors (Lipinski definition) is 6. The number of aromatic nitrogens is 1. The monoisotopic (exact) mass is 682 g/mol. The van der Waals surface area contributed by atoms with E-state index in [1.807, 2.05) is 66.2 Å². The number of carbonyl (C=O) groups excluding carboxylic acids is 5. The fraction of sp³-hybridized carbons (Fsp3) is 0.378. The van der Waals surface area contributed by atoms with Crippen LogP contribution in [-0.2, 0) is 44.9 Å². The van der Waals surface area contributed by atoms with Gasteiger partial charge in [0.1, 0.15) is 18.1 Å². The molecule has 1 saturated heterocycles. The van der Waals surface area contributed by atoms with Crippen LogP contribution in [-0.4, -0.2) is 89.1 Å². The fourth-order valence-electron chi connectivity index (χ4n) is 6.63. The van der Waals surface area contributed by atoms with Gasteiger partial charge in [-0.15, -0.1) is 11.3 Å². The van der Waals surface area contributed by atoms with Crippen molar-refractivity contribution in [1.82, 2.24) is 30.7 Å². The lowest BCUT2D eigenvalue weighted by atomic mass is 9.95. The van der Waals surface area contributed by atoms with Crippen molar-refractivity contribution >= 4 is 51.8 Å². The molecule has 2 aromatic heterocycles. The number of nitrogens with zero attached hydrogens (tertiary/aromatic N) is 2. The molecule has 2 aromatic carbocycles. The van der Waals surface area contributed by atoms with Crippen molar-refractivity contribution < 1.29 is 24.0 Å². The first-order valence-electron chi connectivity index (χ1n) is 16.8. The van der Waals surface area contributed by atoms with Crippen LogP contribution in [0.4, 0.5) is 0 Å². The number of amides is 5. The van der Waals surface area contributed by atoms with Gasteiger partial charge >= 0.3 is 0 Å². The summed E-state index contributed by atoms with van der Waals surface area (Å²) in [7, 11) is 1.51. The Bertz CT molecular complexity index is 1850. The Morgan fingerprint density at radius 2 is 1.65 bits per heavy atom. The zero-order chi connectivity index (χ0) is 34.5. The van der Waals surface area contributed by atoms with Crippen molar-refractivity contribution in [2.24, 2.45) is 0 Å². The summed E-state index contributed by atoms with van der Waals surface area (Å²) < 4.78 is 0. The van der Waals surface area contributed by atoms with E-state index in [0.717, 1.165) is 53.3 Å². The third-order valence-electron chi connectivity index (χ3n) is 9.55. The van der Waals surface area contributed by atoms with Crippen molar-refractivity contribution in [3.05, 3.63) is 93.3 Å². The maximum absolute atomic E-state index is 14.1. The molecule has 256 valence electrons. The number of hydrogen-bond donors (Lipinski definition) is 4. The number of rotatable bonds is 5. The second-order valence-electron chi connectivity index (χ2n) is 12.8. The lowest BCUT2D eigenvalue weighted by Gasteiger charge is -2.30. The van der Waals surface area contributed by atoms with E-state index in [0.29, 0.717) is 5.56 Å². The molecule has 3 heterocycles. The summed E-state index contributed by atoms with van der Waals surface area (Å²) in [5.74, 6) is -2.19. The van der Waals surface area contributed by atoms with Gasteiger partial charge in [0.25, 0.3) is 5.91 Å². The van der Waals surface area contributed by atoms with Gasteiger partial charge in [-0.25, -0.2) is 0 Å². The number of H-pyrrole nitrogens is 1. The minimum absolute atomic E-state index is 0.0615. The van der Waals surface area contributed by atoms with Crippen molar-refractivity contribution in [3.63, 3.8) is 0 Å². The minimum atomic E-state index is -1.03. The number of benzene rings is 2. The van der Waals surface area contributed by atoms with Crippen LogP contribution < -0.4 is 16.0 Å². The Kier molecular flexibility index (Phi) is 10.4. The lowest BCUT2D eigenvalue weighted by Crippen LogP contribution is -2.57. The topological polar surface area (TPSA) is 144 Å². The van der Waals surface area contributed by atoms with Crippen LogP contribution in [0.1, 0.15) is 51.7 Å². The minimum Gasteiger partial charge on any atom is -0.361 e. The molecule has 0 unspecified atom stereocenters. The van der Waals surface area contributed by atoms with Crippen LogP contribution >= 0.6 is 11.3 Å².